The first-order valence-corrected chi connectivity index (χ1v) is 5.89. The van der Waals surface area contributed by atoms with Gasteiger partial charge in [0.05, 0.1) is 6.10 Å². The van der Waals surface area contributed by atoms with Crippen molar-refractivity contribution in [1.29, 1.82) is 0 Å². The van der Waals surface area contributed by atoms with E-state index in [1.807, 2.05) is 20.2 Å². The third kappa shape index (κ3) is 5.33. The van der Waals surface area contributed by atoms with Crippen LogP contribution >= 0.6 is 0 Å². The second kappa shape index (κ2) is 7.02. The number of hydrogen-bond acceptors (Lipinski definition) is 2. The number of aliphatic hydroxyl groups is 1. The van der Waals surface area contributed by atoms with Crippen LogP contribution in [0, 0.1) is 0 Å². The Morgan fingerprint density at radius 1 is 1.27 bits per heavy atom. The fourth-order valence-electron chi connectivity index (χ4n) is 1.45. The standard InChI is InChI=1S/C13H27NO/c1-6-7-8-9-10-11-12(15)13(2,3)14(4)5/h6,12,15H,1,7-11H2,2-5H3. The van der Waals surface area contributed by atoms with Gasteiger partial charge in [0.2, 0.25) is 0 Å². The highest BCUT2D eigenvalue weighted by Crippen LogP contribution is 2.20. The summed E-state index contributed by atoms with van der Waals surface area (Å²) >= 11 is 0. The van der Waals surface area contributed by atoms with Crippen molar-refractivity contribution in [2.75, 3.05) is 14.1 Å². The van der Waals surface area contributed by atoms with Crippen molar-refractivity contribution >= 4 is 0 Å². The highest BCUT2D eigenvalue weighted by Gasteiger charge is 2.29. The van der Waals surface area contributed by atoms with Crippen LogP contribution in [0.15, 0.2) is 12.7 Å². The molecule has 15 heavy (non-hydrogen) atoms. The fraction of sp³-hybridized carbons (Fsp3) is 0.846. The van der Waals surface area contributed by atoms with Gasteiger partial charge in [-0.25, -0.2) is 0 Å². The van der Waals surface area contributed by atoms with E-state index in [9.17, 15) is 5.11 Å². The minimum Gasteiger partial charge on any atom is -0.391 e. The monoisotopic (exact) mass is 213 g/mol. The lowest BCUT2D eigenvalue weighted by molar-refractivity contribution is 0.0110. The number of allylic oxidation sites excluding steroid dienone is 1. The molecule has 1 unspecified atom stereocenters. The molecule has 0 saturated carbocycles. The molecule has 2 heteroatoms. The van der Waals surface area contributed by atoms with Crippen molar-refractivity contribution < 1.29 is 5.11 Å². The summed E-state index contributed by atoms with van der Waals surface area (Å²) in [7, 11) is 4.03. The molecule has 0 aliphatic heterocycles. The van der Waals surface area contributed by atoms with Gasteiger partial charge in [-0.3, -0.25) is 0 Å². The zero-order valence-electron chi connectivity index (χ0n) is 10.8. The van der Waals surface area contributed by atoms with Gasteiger partial charge in [0.1, 0.15) is 0 Å². The summed E-state index contributed by atoms with van der Waals surface area (Å²) in [5.41, 5.74) is -0.127. The van der Waals surface area contributed by atoms with E-state index < -0.39 is 0 Å². The van der Waals surface area contributed by atoms with Gasteiger partial charge < -0.3 is 10.0 Å². The van der Waals surface area contributed by atoms with Crippen LogP contribution in [0.2, 0.25) is 0 Å². The first-order valence-electron chi connectivity index (χ1n) is 5.89. The topological polar surface area (TPSA) is 23.5 Å². The number of unbranched alkanes of at least 4 members (excludes halogenated alkanes) is 3. The third-order valence-corrected chi connectivity index (χ3v) is 3.35. The van der Waals surface area contributed by atoms with Gasteiger partial charge in [0, 0.05) is 5.54 Å². The van der Waals surface area contributed by atoms with Gasteiger partial charge in [-0.05, 0) is 47.2 Å². The molecule has 0 aliphatic rings. The third-order valence-electron chi connectivity index (χ3n) is 3.35. The molecule has 0 amide bonds. The molecular weight excluding hydrogens is 186 g/mol. The average molecular weight is 213 g/mol. The lowest BCUT2D eigenvalue weighted by atomic mass is 9.91. The molecule has 0 aromatic carbocycles. The predicted molar refractivity (Wildman–Crippen MR) is 67.1 cm³/mol. The first-order chi connectivity index (χ1) is 6.92. The van der Waals surface area contributed by atoms with Crippen molar-refractivity contribution in [1.82, 2.24) is 4.90 Å². The molecule has 0 heterocycles. The SMILES string of the molecule is C=CCCCCCC(O)C(C)(C)N(C)C. The molecule has 0 saturated heterocycles. The highest BCUT2D eigenvalue weighted by atomic mass is 16.3. The summed E-state index contributed by atoms with van der Waals surface area (Å²) in [6.07, 6.45) is 7.18. The lowest BCUT2D eigenvalue weighted by Gasteiger charge is -2.37. The Kier molecular flexibility index (Phi) is 6.86. The van der Waals surface area contributed by atoms with Crippen LogP contribution in [0.3, 0.4) is 0 Å². The molecule has 90 valence electrons. The molecule has 0 bridgehead atoms. The molecule has 0 aromatic rings. The zero-order chi connectivity index (χ0) is 11.9. The van der Waals surface area contributed by atoms with Crippen molar-refractivity contribution in [3.05, 3.63) is 12.7 Å². The van der Waals surface area contributed by atoms with Crippen LogP contribution in [0.5, 0.6) is 0 Å². The largest absolute Gasteiger partial charge is 0.391 e. The molecule has 1 atom stereocenters. The Bertz CT molecular complexity index is 175. The maximum Gasteiger partial charge on any atom is 0.0718 e. The highest BCUT2D eigenvalue weighted by molar-refractivity contribution is 4.85. The molecule has 0 spiro atoms. The van der Waals surface area contributed by atoms with Gasteiger partial charge in [-0.1, -0.05) is 18.9 Å². The van der Waals surface area contributed by atoms with E-state index in [-0.39, 0.29) is 11.6 Å². The molecule has 0 aromatic heterocycles. The number of aliphatic hydroxyl groups excluding tert-OH is 1. The number of nitrogens with zero attached hydrogens (tertiary/aromatic N) is 1. The maximum atomic E-state index is 10.0. The minimum atomic E-state index is -0.240. The molecule has 1 N–H and O–H groups in total. The average Bonchev–Trinajstić information content (AvgIpc) is 2.16. The van der Waals surface area contributed by atoms with Crippen molar-refractivity contribution in [2.45, 2.75) is 57.6 Å². The van der Waals surface area contributed by atoms with E-state index in [4.69, 9.17) is 0 Å². The van der Waals surface area contributed by atoms with Crippen LogP contribution < -0.4 is 0 Å². The summed E-state index contributed by atoms with van der Waals surface area (Å²) in [6.45, 7) is 7.87. The van der Waals surface area contributed by atoms with E-state index in [0.29, 0.717) is 0 Å². The Balaban J connectivity index is 3.73. The molecule has 0 fully saturated rings. The molecule has 0 aliphatic carbocycles. The lowest BCUT2D eigenvalue weighted by Crippen LogP contribution is -2.48. The van der Waals surface area contributed by atoms with Gasteiger partial charge in [-0.2, -0.15) is 0 Å². The van der Waals surface area contributed by atoms with Crippen LogP contribution in [-0.4, -0.2) is 35.7 Å². The predicted octanol–water partition coefficient (Wildman–Crippen LogP) is 2.82. The van der Waals surface area contributed by atoms with E-state index in [1.54, 1.807) is 0 Å². The normalized spacial score (nSPS) is 14.3. The van der Waals surface area contributed by atoms with Gasteiger partial charge in [0.25, 0.3) is 0 Å². The molecule has 0 rings (SSSR count). The second-order valence-corrected chi connectivity index (χ2v) is 4.99. The van der Waals surface area contributed by atoms with E-state index >= 15 is 0 Å². The van der Waals surface area contributed by atoms with Crippen molar-refractivity contribution in [2.24, 2.45) is 0 Å². The fourth-order valence-corrected chi connectivity index (χ4v) is 1.45. The van der Waals surface area contributed by atoms with Crippen LogP contribution in [-0.2, 0) is 0 Å². The number of likely N-dealkylation sites (N-methyl/N-ethyl adjacent to an activating group) is 1. The number of hydrogen-bond donors (Lipinski definition) is 1. The Morgan fingerprint density at radius 3 is 2.33 bits per heavy atom. The van der Waals surface area contributed by atoms with Gasteiger partial charge in [0.15, 0.2) is 0 Å². The van der Waals surface area contributed by atoms with Crippen molar-refractivity contribution in [3.8, 4) is 0 Å². The van der Waals surface area contributed by atoms with Crippen LogP contribution in [0.4, 0.5) is 0 Å². The maximum absolute atomic E-state index is 10.0. The Morgan fingerprint density at radius 2 is 1.87 bits per heavy atom. The van der Waals surface area contributed by atoms with Crippen molar-refractivity contribution in [3.63, 3.8) is 0 Å². The molecule has 2 nitrogen and oxygen atoms in total. The summed E-state index contributed by atoms with van der Waals surface area (Å²) in [6, 6.07) is 0. The van der Waals surface area contributed by atoms with Crippen LogP contribution in [0.1, 0.15) is 46.0 Å². The van der Waals surface area contributed by atoms with E-state index in [2.05, 4.69) is 25.3 Å². The smallest absolute Gasteiger partial charge is 0.0718 e. The minimum absolute atomic E-state index is 0.127. The van der Waals surface area contributed by atoms with Gasteiger partial charge >= 0.3 is 0 Å². The zero-order valence-corrected chi connectivity index (χ0v) is 10.8. The first kappa shape index (κ1) is 14.7. The summed E-state index contributed by atoms with van der Waals surface area (Å²) < 4.78 is 0. The van der Waals surface area contributed by atoms with E-state index in [0.717, 1.165) is 19.3 Å². The van der Waals surface area contributed by atoms with Crippen LogP contribution in [0.25, 0.3) is 0 Å². The quantitative estimate of drug-likeness (QED) is 0.495. The second-order valence-electron chi connectivity index (χ2n) is 4.99. The number of rotatable bonds is 8. The van der Waals surface area contributed by atoms with Gasteiger partial charge in [-0.15, -0.1) is 6.58 Å². The van der Waals surface area contributed by atoms with E-state index in [1.165, 1.54) is 12.8 Å². The summed E-state index contributed by atoms with van der Waals surface area (Å²) in [5.74, 6) is 0. The Labute approximate surface area is 95.0 Å². The Hall–Kier alpha value is -0.340. The molecule has 0 radical (unpaired) electrons. The summed E-state index contributed by atoms with van der Waals surface area (Å²) in [5, 5.41) is 10.0. The summed E-state index contributed by atoms with van der Waals surface area (Å²) in [4.78, 5) is 2.08. The molecular formula is C13H27NO.